The molecule has 0 fully saturated rings. The summed E-state index contributed by atoms with van der Waals surface area (Å²) < 4.78 is 12.5. The fourth-order valence-electron chi connectivity index (χ4n) is 2.54. The quantitative estimate of drug-likeness (QED) is 0.906. The van der Waals surface area contributed by atoms with Gasteiger partial charge in [0, 0.05) is 29.8 Å². The summed E-state index contributed by atoms with van der Waals surface area (Å²) in [7, 11) is 1.58. The summed E-state index contributed by atoms with van der Waals surface area (Å²) in [6.45, 7) is 2.55. The van der Waals surface area contributed by atoms with Crippen LogP contribution in [0.25, 0.3) is 0 Å². The van der Waals surface area contributed by atoms with Gasteiger partial charge in [0.15, 0.2) is 0 Å². The maximum atomic E-state index is 12.1. The number of carbonyl (C=O) groups excluding carboxylic acids is 1. The zero-order chi connectivity index (χ0) is 15.4. The van der Waals surface area contributed by atoms with Crippen molar-refractivity contribution in [2.45, 2.75) is 19.6 Å². The molecule has 116 valence electrons. The zero-order valence-corrected chi connectivity index (χ0v) is 12.5. The molecule has 0 saturated carbocycles. The molecule has 1 aromatic heterocycles. The van der Waals surface area contributed by atoms with Crippen molar-refractivity contribution in [2.24, 2.45) is 0 Å². The van der Waals surface area contributed by atoms with Crippen LogP contribution in [0.1, 0.15) is 21.6 Å². The van der Waals surface area contributed by atoms with Crippen LogP contribution in [-0.2, 0) is 24.3 Å². The molecule has 0 saturated heterocycles. The number of rotatable bonds is 5. The van der Waals surface area contributed by atoms with E-state index in [2.05, 4.69) is 10.4 Å². The highest BCUT2D eigenvalue weighted by Crippen LogP contribution is 2.16. The van der Waals surface area contributed by atoms with E-state index in [1.807, 2.05) is 16.9 Å². The first-order valence-corrected chi connectivity index (χ1v) is 7.31. The van der Waals surface area contributed by atoms with E-state index in [1.54, 1.807) is 25.3 Å². The lowest BCUT2D eigenvalue weighted by atomic mass is 10.2. The summed E-state index contributed by atoms with van der Waals surface area (Å²) in [4.78, 5) is 12.1. The molecule has 0 aliphatic carbocycles. The Hall–Kier alpha value is -2.34. The van der Waals surface area contributed by atoms with Crippen LogP contribution in [0, 0.1) is 0 Å². The lowest BCUT2D eigenvalue weighted by Crippen LogP contribution is -2.28. The van der Waals surface area contributed by atoms with Gasteiger partial charge in [0.25, 0.3) is 5.91 Å². The molecule has 1 aliphatic heterocycles. The molecular formula is C16H19N3O3. The molecule has 1 aliphatic rings. The molecule has 2 aromatic rings. The van der Waals surface area contributed by atoms with Gasteiger partial charge >= 0.3 is 0 Å². The second-order valence-corrected chi connectivity index (χ2v) is 5.13. The van der Waals surface area contributed by atoms with Crippen molar-refractivity contribution in [1.82, 2.24) is 15.1 Å². The van der Waals surface area contributed by atoms with Crippen LogP contribution >= 0.6 is 0 Å². The van der Waals surface area contributed by atoms with Gasteiger partial charge in [0.2, 0.25) is 0 Å². The van der Waals surface area contributed by atoms with E-state index in [0.717, 1.165) is 18.6 Å². The average Bonchev–Trinajstić information content (AvgIpc) is 2.98. The number of hydrogen-bond acceptors (Lipinski definition) is 4. The van der Waals surface area contributed by atoms with Gasteiger partial charge in [-0.15, -0.1) is 0 Å². The van der Waals surface area contributed by atoms with Crippen LogP contribution in [0.4, 0.5) is 0 Å². The molecule has 1 amide bonds. The first-order chi connectivity index (χ1) is 10.8. The Kier molecular flexibility index (Phi) is 4.39. The number of methoxy groups -OCH3 is 1. The molecule has 0 bridgehead atoms. The number of benzene rings is 1. The van der Waals surface area contributed by atoms with Crippen LogP contribution < -0.4 is 10.1 Å². The summed E-state index contributed by atoms with van der Waals surface area (Å²) in [5.41, 5.74) is 2.95. The Bertz CT molecular complexity index is 666. The van der Waals surface area contributed by atoms with Crippen molar-refractivity contribution < 1.29 is 14.3 Å². The number of hydrogen-bond donors (Lipinski definition) is 1. The average molecular weight is 301 g/mol. The van der Waals surface area contributed by atoms with Crippen molar-refractivity contribution in [3.63, 3.8) is 0 Å². The van der Waals surface area contributed by atoms with Gasteiger partial charge in [-0.3, -0.25) is 9.48 Å². The number of nitrogens with one attached hydrogen (secondary N) is 1. The van der Waals surface area contributed by atoms with Gasteiger partial charge in [-0.1, -0.05) is 6.07 Å². The van der Waals surface area contributed by atoms with Crippen molar-refractivity contribution in [1.29, 1.82) is 0 Å². The Morgan fingerprint density at radius 3 is 3.27 bits per heavy atom. The van der Waals surface area contributed by atoms with E-state index in [4.69, 9.17) is 9.47 Å². The molecule has 2 heterocycles. The van der Waals surface area contributed by atoms with Crippen LogP contribution in [-0.4, -0.2) is 35.9 Å². The molecule has 1 N–H and O–H groups in total. The van der Waals surface area contributed by atoms with Crippen molar-refractivity contribution >= 4 is 5.91 Å². The fourth-order valence-corrected chi connectivity index (χ4v) is 2.54. The molecule has 1 aromatic carbocycles. The minimum absolute atomic E-state index is 0.108. The van der Waals surface area contributed by atoms with E-state index in [-0.39, 0.29) is 5.91 Å². The van der Waals surface area contributed by atoms with Crippen LogP contribution in [0.15, 0.2) is 30.5 Å². The summed E-state index contributed by atoms with van der Waals surface area (Å²) in [6, 6.07) is 7.11. The Labute approximate surface area is 129 Å². The van der Waals surface area contributed by atoms with Crippen molar-refractivity contribution in [2.75, 3.05) is 20.3 Å². The number of fused-ring (bicyclic) bond motifs is 1. The van der Waals surface area contributed by atoms with Gasteiger partial charge in [0.1, 0.15) is 5.75 Å². The number of nitrogens with zero attached hydrogens (tertiary/aromatic N) is 2. The van der Waals surface area contributed by atoms with Gasteiger partial charge in [-0.05, 0) is 18.2 Å². The van der Waals surface area contributed by atoms with Crippen LogP contribution in [0.3, 0.4) is 0 Å². The second-order valence-electron chi connectivity index (χ2n) is 5.13. The molecule has 0 spiro atoms. The minimum atomic E-state index is -0.108. The van der Waals surface area contributed by atoms with Gasteiger partial charge < -0.3 is 14.8 Å². The molecule has 0 radical (unpaired) electrons. The van der Waals surface area contributed by atoms with E-state index >= 15 is 0 Å². The highest BCUT2D eigenvalue weighted by atomic mass is 16.5. The lowest BCUT2D eigenvalue weighted by Gasteiger charge is -2.14. The normalized spacial score (nSPS) is 13.5. The molecular weight excluding hydrogens is 282 g/mol. The monoisotopic (exact) mass is 301 g/mol. The molecule has 3 rings (SSSR count). The third-order valence-corrected chi connectivity index (χ3v) is 3.72. The molecule has 6 nitrogen and oxygen atoms in total. The maximum Gasteiger partial charge on any atom is 0.251 e. The first-order valence-electron chi connectivity index (χ1n) is 7.31. The highest BCUT2D eigenvalue weighted by molar-refractivity contribution is 5.94. The Morgan fingerprint density at radius 1 is 1.50 bits per heavy atom. The standard InChI is InChI=1S/C16H19N3O3/c1-21-14-4-2-3-12(9-14)16(20)17-6-7-19-15-5-8-22-11-13(15)10-18-19/h2-4,9-10H,5-8,11H2,1H3,(H,17,20). The second kappa shape index (κ2) is 6.62. The maximum absolute atomic E-state index is 12.1. The van der Waals surface area contributed by atoms with Crippen LogP contribution in [0.5, 0.6) is 5.75 Å². The van der Waals surface area contributed by atoms with Gasteiger partial charge in [-0.25, -0.2) is 0 Å². The number of carbonyl (C=O) groups is 1. The fraction of sp³-hybridized carbons (Fsp3) is 0.375. The molecule has 22 heavy (non-hydrogen) atoms. The predicted molar refractivity (Wildman–Crippen MR) is 80.9 cm³/mol. The predicted octanol–water partition coefficient (Wildman–Crippen LogP) is 1.39. The lowest BCUT2D eigenvalue weighted by molar-refractivity contribution is 0.0950. The SMILES string of the molecule is COc1cccc(C(=O)NCCn2ncc3c2CCOC3)c1. The number of ether oxygens (including phenoxy) is 2. The van der Waals surface area contributed by atoms with Crippen molar-refractivity contribution in [3.05, 3.63) is 47.3 Å². The molecule has 0 unspecified atom stereocenters. The van der Waals surface area contributed by atoms with Crippen LogP contribution in [0.2, 0.25) is 0 Å². The third kappa shape index (κ3) is 3.12. The molecule has 0 atom stereocenters. The summed E-state index contributed by atoms with van der Waals surface area (Å²) in [5.74, 6) is 0.567. The van der Waals surface area contributed by atoms with E-state index < -0.39 is 0 Å². The Morgan fingerprint density at radius 2 is 2.41 bits per heavy atom. The van der Waals surface area contributed by atoms with E-state index in [9.17, 15) is 4.79 Å². The van der Waals surface area contributed by atoms with E-state index in [1.165, 1.54) is 5.69 Å². The highest BCUT2D eigenvalue weighted by Gasteiger charge is 2.15. The van der Waals surface area contributed by atoms with E-state index in [0.29, 0.717) is 31.0 Å². The number of amides is 1. The largest absolute Gasteiger partial charge is 0.497 e. The van der Waals surface area contributed by atoms with Crippen molar-refractivity contribution in [3.8, 4) is 5.75 Å². The zero-order valence-electron chi connectivity index (χ0n) is 12.5. The number of aromatic nitrogens is 2. The first kappa shape index (κ1) is 14.6. The van der Waals surface area contributed by atoms with Gasteiger partial charge in [-0.2, -0.15) is 5.10 Å². The minimum Gasteiger partial charge on any atom is -0.497 e. The third-order valence-electron chi connectivity index (χ3n) is 3.72. The molecule has 6 heteroatoms. The summed E-state index contributed by atoms with van der Waals surface area (Å²) in [5, 5.41) is 7.27. The smallest absolute Gasteiger partial charge is 0.251 e. The summed E-state index contributed by atoms with van der Waals surface area (Å²) in [6.07, 6.45) is 2.72. The summed E-state index contributed by atoms with van der Waals surface area (Å²) >= 11 is 0. The topological polar surface area (TPSA) is 65.4 Å². The van der Waals surface area contributed by atoms with Gasteiger partial charge in [0.05, 0.1) is 33.1 Å². The Balaban J connectivity index is 1.56.